The van der Waals surface area contributed by atoms with Crippen molar-refractivity contribution in [2.75, 3.05) is 13.1 Å². The molecular formula is C26H31N5O2. The SMILES string of the molecule is CC(C)CC(=O)N1Cc2ccccc2CC1C(=O)N1CCC(c2nnc3ccccn23)CC1. The van der Waals surface area contributed by atoms with Crippen molar-refractivity contribution >= 4 is 17.5 Å². The lowest BCUT2D eigenvalue weighted by molar-refractivity contribution is -0.148. The van der Waals surface area contributed by atoms with Crippen LogP contribution in [-0.4, -0.2) is 55.3 Å². The maximum atomic E-state index is 13.7. The smallest absolute Gasteiger partial charge is 0.245 e. The Labute approximate surface area is 194 Å². The van der Waals surface area contributed by atoms with E-state index in [1.807, 2.05) is 64.6 Å². The number of likely N-dealkylation sites (tertiary alicyclic amines) is 1. The number of fused-ring (bicyclic) bond motifs is 2. The zero-order valence-corrected chi connectivity index (χ0v) is 19.4. The molecule has 1 saturated heterocycles. The minimum atomic E-state index is -0.420. The van der Waals surface area contributed by atoms with E-state index >= 15 is 0 Å². The molecule has 7 heteroatoms. The van der Waals surface area contributed by atoms with Gasteiger partial charge in [-0.25, -0.2) is 0 Å². The van der Waals surface area contributed by atoms with Gasteiger partial charge in [0.2, 0.25) is 11.8 Å². The standard InChI is InChI=1S/C26H31N5O2/c1-18(2)15-24(32)31-17-21-8-4-3-7-20(21)16-22(31)26(33)29-13-10-19(11-14-29)25-28-27-23-9-5-6-12-30(23)25/h3-9,12,18-19,22H,10-11,13-17H2,1-2H3. The molecule has 3 aromatic rings. The molecule has 0 saturated carbocycles. The minimum absolute atomic E-state index is 0.0719. The average Bonchev–Trinajstić information content (AvgIpc) is 3.26. The average molecular weight is 446 g/mol. The Morgan fingerprint density at radius 1 is 1.00 bits per heavy atom. The Morgan fingerprint density at radius 3 is 2.48 bits per heavy atom. The molecule has 4 heterocycles. The Morgan fingerprint density at radius 2 is 1.73 bits per heavy atom. The predicted molar refractivity (Wildman–Crippen MR) is 125 cm³/mol. The topological polar surface area (TPSA) is 70.8 Å². The second-order valence-corrected chi connectivity index (χ2v) is 9.69. The molecule has 1 aromatic carbocycles. The van der Waals surface area contributed by atoms with Gasteiger partial charge in [-0.1, -0.05) is 44.2 Å². The van der Waals surface area contributed by atoms with Gasteiger partial charge in [0.1, 0.15) is 11.9 Å². The summed E-state index contributed by atoms with van der Waals surface area (Å²) in [5.74, 6) is 1.66. The molecule has 2 aliphatic heterocycles. The van der Waals surface area contributed by atoms with Gasteiger partial charge < -0.3 is 9.80 Å². The van der Waals surface area contributed by atoms with Crippen molar-refractivity contribution in [3.8, 4) is 0 Å². The Kier molecular flexibility index (Phi) is 5.87. The first-order valence-corrected chi connectivity index (χ1v) is 12.0. The van der Waals surface area contributed by atoms with Crippen LogP contribution in [0.1, 0.15) is 56.0 Å². The summed E-state index contributed by atoms with van der Waals surface area (Å²) >= 11 is 0. The molecule has 0 spiro atoms. The van der Waals surface area contributed by atoms with E-state index in [1.54, 1.807) is 0 Å². The number of nitrogens with zero attached hydrogens (tertiary/aromatic N) is 5. The van der Waals surface area contributed by atoms with Crippen LogP contribution in [0.2, 0.25) is 0 Å². The molecule has 1 unspecified atom stereocenters. The van der Waals surface area contributed by atoms with Crippen molar-refractivity contribution in [3.05, 3.63) is 65.6 Å². The predicted octanol–water partition coefficient (Wildman–Crippen LogP) is 3.43. The third kappa shape index (κ3) is 4.24. The fraction of sp³-hybridized carbons (Fsp3) is 0.462. The number of piperidine rings is 1. The van der Waals surface area contributed by atoms with Gasteiger partial charge in [-0.05, 0) is 42.0 Å². The number of hydrogen-bond acceptors (Lipinski definition) is 4. The summed E-state index contributed by atoms with van der Waals surface area (Å²) in [5.41, 5.74) is 3.18. The number of pyridine rings is 1. The van der Waals surface area contributed by atoms with Crippen molar-refractivity contribution in [1.82, 2.24) is 24.4 Å². The van der Waals surface area contributed by atoms with Gasteiger partial charge in [0.15, 0.2) is 5.65 Å². The monoisotopic (exact) mass is 445 g/mol. The summed E-state index contributed by atoms with van der Waals surface area (Å²) in [4.78, 5) is 30.5. The highest BCUT2D eigenvalue weighted by atomic mass is 16.2. The summed E-state index contributed by atoms with van der Waals surface area (Å²) in [7, 11) is 0. The maximum Gasteiger partial charge on any atom is 0.245 e. The summed E-state index contributed by atoms with van der Waals surface area (Å²) in [6.45, 7) is 5.96. The summed E-state index contributed by atoms with van der Waals surface area (Å²) < 4.78 is 2.05. The van der Waals surface area contributed by atoms with Gasteiger partial charge in [-0.15, -0.1) is 10.2 Å². The van der Waals surface area contributed by atoms with Crippen LogP contribution < -0.4 is 0 Å². The largest absolute Gasteiger partial charge is 0.341 e. The quantitative estimate of drug-likeness (QED) is 0.617. The van der Waals surface area contributed by atoms with Crippen LogP contribution in [0.15, 0.2) is 48.7 Å². The number of aromatic nitrogens is 3. The third-order valence-electron chi connectivity index (χ3n) is 6.95. The zero-order chi connectivity index (χ0) is 22.9. The summed E-state index contributed by atoms with van der Waals surface area (Å²) in [5, 5.41) is 8.71. The van der Waals surface area contributed by atoms with Gasteiger partial charge >= 0.3 is 0 Å². The molecule has 0 N–H and O–H groups in total. The van der Waals surface area contributed by atoms with Gasteiger partial charge in [-0.3, -0.25) is 14.0 Å². The number of rotatable bonds is 4. The van der Waals surface area contributed by atoms with Crippen LogP contribution in [0, 0.1) is 5.92 Å². The second kappa shape index (κ2) is 8.96. The third-order valence-corrected chi connectivity index (χ3v) is 6.95. The van der Waals surface area contributed by atoms with Crippen LogP contribution in [0.5, 0.6) is 0 Å². The lowest BCUT2D eigenvalue weighted by Gasteiger charge is -2.40. The lowest BCUT2D eigenvalue weighted by atomic mass is 9.91. The van der Waals surface area contributed by atoms with E-state index < -0.39 is 6.04 Å². The van der Waals surface area contributed by atoms with Gasteiger partial charge in [-0.2, -0.15) is 0 Å². The fourth-order valence-electron chi connectivity index (χ4n) is 5.18. The molecule has 0 aliphatic carbocycles. The van der Waals surface area contributed by atoms with Crippen LogP contribution >= 0.6 is 0 Å². The molecule has 172 valence electrons. The Hall–Kier alpha value is -3.22. The van der Waals surface area contributed by atoms with E-state index in [1.165, 1.54) is 5.56 Å². The van der Waals surface area contributed by atoms with Crippen molar-refractivity contribution < 1.29 is 9.59 Å². The van der Waals surface area contributed by atoms with Crippen LogP contribution in [0.3, 0.4) is 0 Å². The fourth-order valence-corrected chi connectivity index (χ4v) is 5.18. The Balaban J connectivity index is 1.32. The highest BCUT2D eigenvalue weighted by Gasteiger charge is 2.38. The van der Waals surface area contributed by atoms with Gasteiger partial charge in [0.05, 0.1) is 0 Å². The number of amides is 2. The van der Waals surface area contributed by atoms with Crippen molar-refractivity contribution in [1.29, 1.82) is 0 Å². The van der Waals surface area contributed by atoms with Gasteiger partial charge in [0.25, 0.3) is 0 Å². The van der Waals surface area contributed by atoms with E-state index in [-0.39, 0.29) is 23.7 Å². The molecule has 1 fully saturated rings. The first kappa shape index (κ1) is 21.6. The highest BCUT2D eigenvalue weighted by Crippen LogP contribution is 2.30. The molecule has 1 atom stereocenters. The van der Waals surface area contributed by atoms with Crippen LogP contribution in [0.25, 0.3) is 5.65 Å². The van der Waals surface area contributed by atoms with Gasteiger partial charge in [0, 0.05) is 44.6 Å². The zero-order valence-electron chi connectivity index (χ0n) is 19.4. The van der Waals surface area contributed by atoms with Crippen LogP contribution in [-0.2, 0) is 22.6 Å². The Bertz CT molecular complexity index is 1160. The summed E-state index contributed by atoms with van der Waals surface area (Å²) in [6, 6.07) is 13.7. The lowest BCUT2D eigenvalue weighted by Crippen LogP contribution is -2.55. The van der Waals surface area contributed by atoms with Crippen LogP contribution in [0.4, 0.5) is 0 Å². The molecule has 2 aromatic heterocycles. The molecule has 7 nitrogen and oxygen atoms in total. The second-order valence-electron chi connectivity index (χ2n) is 9.69. The van der Waals surface area contributed by atoms with E-state index in [4.69, 9.17) is 0 Å². The molecule has 0 bridgehead atoms. The molecule has 2 aliphatic rings. The molecule has 5 rings (SSSR count). The van der Waals surface area contributed by atoms with E-state index in [9.17, 15) is 9.59 Å². The van der Waals surface area contributed by atoms with E-state index in [0.29, 0.717) is 32.5 Å². The highest BCUT2D eigenvalue weighted by molar-refractivity contribution is 5.88. The van der Waals surface area contributed by atoms with Crippen molar-refractivity contribution in [3.63, 3.8) is 0 Å². The minimum Gasteiger partial charge on any atom is -0.341 e. The maximum absolute atomic E-state index is 13.7. The van der Waals surface area contributed by atoms with Crippen molar-refractivity contribution in [2.24, 2.45) is 5.92 Å². The normalized spacial score (nSPS) is 19.2. The number of carbonyl (C=O) groups excluding carboxylic acids is 2. The molecule has 2 amide bonds. The first-order valence-electron chi connectivity index (χ1n) is 12.0. The van der Waals surface area contributed by atoms with E-state index in [0.717, 1.165) is 29.9 Å². The molecular weight excluding hydrogens is 414 g/mol. The summed E-state index contributed by atoms with van der Waals surface area (Å²) in [6.07, 6.45) is 4.76. The molecule has 33 heavy (non-hydrogen) atoms. The van der Waals surface area contributed by atoms with E-state index in [2.05, 4.69) is 22.3 Å². The number of benzene rings is 1. The van der Waals surface area contributed by atoms with Crippen molar-refractivity contribution in [2.45, 2.75) is 58.0 Å². The molecule has 0 radical (unpaired) electrons. The number of hydrogen-bond donors (Lipinski definition) is 0. The first-order chi connectivity index (χ1) is 16.0. The number of carbonyl (C=O) groups is 2.